The maximum absolute atomic E-state index is 12.3. The van der Waals surface area contributed by atoms with Gasteiger partial charge in [0.2, 0.25) is 11.8 Å². The lowest BCUT2D eigenvalue weighted by molar-refractivity contribution is -0.135. The Hall–Kier alpha value is -1.85. The van der Waals surface area contributed by atoms with Crippen LogP contribution in [0.15, 0.2) is 0 Å². The van der Waals surface area contributed by atoms with Crippen molar-refractivity contribution in [1.29, 1.82) is 5.41 Å². The third-order valence-corrected chi connectivity index (χ3v) is 4.03. The molecule has 2 fully saturated rings. The van der Waals surface area contributed by atoms with Crippen molar-refractivity contribution in [1.82, 2.24) is 5.32 Å². The number of amides is 2. The van der Waals surface area contributed by atoms with E-state index in [-0.39, 0.29) is 66.1 Å². The van der Waals surface area contributed by atoms with Crippen LogP contribution in [0.4, 0.5) is 0 Å². The number of carbonyl (C=O) groups excluding carboxylic acids is 4. The first-order valence-electron chi connectivity index (χ1n) is 7.13. The zero-order chi connectivity index (χ0) is 15.8. The molecular weight excluding hydrogens is 272 g/mol. The number of hydrogen-bond acceptors (Lipinski definition) is 5. The van der Waals surface area contributed by atoms with Crippen LogP contribution in [0.1, 0.15) is 46.0 Å². The first kappa shape index (κ1) is 15.5. The summed E-state index contributed by atoms with van der Waals surface area (Å²) in [5.41, 5.74) is -0.112. The average molecular weight is 292 g/mol. The molecule has 2 aliphatic rings. The fraction of sp³-hybridized carbons (Fsp3) is 0.667. The fourth-order valence-corrected chi connectivity index (χ4v) is 3.22. The molecule has 114 valence electrons. The Balaban J connectivity index is 2.03. The average Bonchev–Trinajstić information content (AvgIpc) is 2.23. The van der Waals surface area contributed by atoms with E-state index in [2.05, 4.69) is 5.32 Å². The van der Waals surface area contributed by atoms with Crippen molar-refractivity contribution in [3.05, 3.63) is 0 Å². The quantitative estimate of drug-likeness (QED) is 0.598. The van der Waals surface area contributed by atoms with Crippen LogP contribution in [0.5, 0.6) is 0 Å². The first-order valence-corrected chi connectivity index (χ1v) is 7.13. The van der Waals surface area contributed by atoms with Crippen LogP contribution in [-0.2, 0) is 19.2 Å². The maximum Gasteiger partial charge on any atom is 0.226 e. The molecular formula is C15H20N2O4. The van der Waals surface area contributed by atoms with Gasteiger partial charge in [-0.05, 0) is 17.8 Å². The van der Waals surface area contributed by atoms with Crippen molar-refractivity contribution in [2.75, 3.05) is 0 Å². The van der Waals surface area contributed by atoms with Crippen molar-refractivity contribution in [3.8, 4) is 0 Å². The van der Waals surface area contributed by atoms with E-state index in [1.54, 1.807) is 0 Å². The molecule has 2 N–H and O–H groups in total. The molecule has 6 nitrogen and oxygen atoms in total. The normalized spacial score (nSPS) is 26.7. The molecule has 0 spiro atoms. The van der Waals surface area contributed by atoms with Crippen molar-refractivity contribution in [2.24, 2.45) is 17.3 Å². The number of hydrogen-bond donors (Lipinski definition) is 2. The molecule has 0 aromatic heterocycles. The highest BCUT2D eigenvalue weighted by atomic mass is 16.2. The van der Waals surface area contributed by atoms with Crippen LogP contribution in [0.2, 0.25) is 0 Å². The van der Waals surface area contributed by atoms with Gasteiger partial charge in [-0.3, -0.25) is 24.5 Å². The van der Waals surface area contributed by atoms with Crippen LogP contribution in [-0.4, -0.2) is 29.1 Å². The number of ketones is 2. The molecule has 2 rings (SSSR count). The van der Waals surface area contributed by atoms with Crippen molar-refractivity contribution < 1.29 is 19.2 Å². The summed E-state index contributed by atoms with van der Waals surface area (Å²) in [6.45, 7) is 3.81. The highest BCUT2D eigenvalue weighted by molar-refractivity contribution is 6.21. The molecule has 0 unspecified atom stereocenters. The summed E-state index contributed by atoms with van der Waals surface area (Å²) >= 11 is 0. The fourth-order valence-electron chi connectivity index (χ4n) is 3.22. The summed E-state index contributed by atoms with van der Waals surface area (Å²) < 4.78 is 0. The number of nitrogens with one attached hydrogen (secondary N) is 2. The lowest BCUT2D eigenvalue weighted by Crippen LogP contribution is -2.43. The van der Waals surface area contributed by atoms with E-state index in [9.17, 15) is 19.2 Å². The van der Waals surface area contributed by atoms with Crippen LogP contribution in [0, 0.1) is 22.7 Å². The van der Waals surface area contributed by atoms with Crippen molar-refractivity contribution in [2.45, 2.75) is 46.0 Å². The van der Waals surface area contributed by atoms with E-state index in [0.29, 0.717) is 6.42 Å². The molecule has 6 heteroatoms. The Morgan fingerprint density at radius 1 is 1.19 bits per heavy atom. The molecule has 1 aliphatic heterocycles. The van der Waals surface area contributed by atoms with Crippen LogP contribution in [0.25, 0.3) is 0 Å². The van der Waals surface area contributed by atoms with Gasteiger partial charge < -0.3 is 5.41 Å². The molecule has 21 heavy (non-hydrogen) atoms. The Morgan fingerprint density at radius 2 is 1.76 bits per heavy atom. The molecule has 1 atom stereocenters. The van der Waals surface area contributed by atoms with Gasteiger partial charge in [-0.1, -0.05) is 13.8 Å². The number of imide groups is 1. The number of piperidine rings is 1. The summed E-state index contributed by atoms with van der Waals surface area (Å²) in [5, 5.41) is 10.2. The van der Waals surface area contributed by atoms with Crippen LogP contribution < -0.4 is 5.32 Å². The number of Topliss-reactive ketones (excluding diaryl/α,β-unsaturated/α-hetero) is 2. The van der Waals surface area contributed by atoms with Crippen LogP contribution in [0.3, 0.4) is 0 Å². The Morgan fingerprint density at radius 3 is 2.29 bits per heavy atom. The van der Waals surface area contributed by atoms with E-state index in [4.69, 9.17) is 5.41 Å². The van der Waals surface area contributed by atoms with E-state index in [1.165, 1.54) is 0 Å². The second-order valence-electron chi connectivity index (χ2n) is 6.86. The molecule has 0 aromatic rings. The Bertz CT molecular complexity index is 500. The zero-order valence-corrected chi connectivity index (χ0v) is 12.3. The van der Waals surface area contributed by atoms with Gasteiger partial charge in [0.15, 0.2) is 0 Å². The monoisotopic (exact) mass is 292 g/mol. The smallest absolute Gasteiger partial charge is 0.226 e. The van der Waals surface area contributed by atoms with Gasteiger partial charge in [0.25, 0.3) is 0 Å². The van der Waals surface area contributed by atoms with Gasteiger partial charge >= 0.3 is 0 Å². The van der Waals surface area contributed by atoms with Crippen molar-refractivity contribution >= 4 is 29.1 Å². The third-order valence-electron chi connectivity index (χ3n) is 4.03. The van der Waals surface area contributed by atoms with Gasteiger partial charge in [0.1, 0.15) is 17.5 Å². The summed E-state index contributed by atoms with van der Waals surface area (Å²) in [7, 11) is 0. The predicted octanol–water partition coefficient (Wildman–Crippen LogP) is 1.02. The molecule has 1 saturated carbocycles. The van der Waals surface area contributed by atoms with Gasteiger partial charge in [-0.15, -0.1) is 0 Å². The maximum atomic E-state index is 12.3. The highest BCUT2D eigenvalue weighted by Gasteiger charge is 2.41. The van der Waals surface area contributed by atoms with Crippen molar-refractivity contribution in [3.63, 3.8) is 0 Å². The summed E-state index contributed by atoms with van der Waals surface area (Å²) in [6.07, 6.45) is 0.974. The second kappa shape index (κ2) is 5.50. The number of rotatable bonds is 3. The van der Waals surface area contributed by atoms with E-state index in [0.717, 1.165) is 0 Å². The first-order chi connectivity index (χ1) is 9.68. The topological polar surface area (TPSA) is 104 Å². The lowest BCUT2D eigenvalue weighted by Gasteiger charge is -2.33. The van der Waals surface area contributed by atoms with Crippen LogP contribution >= 0.6 is 0 Å². The molecule has 2 amide bonds. The van der Waals surface area contributed by atoms with E-state index < -0.39 is 5.92 Å². The van der Waals surface area contributed by atoms with Gasteiger partial charge in [-0.25, -0.2) is 0 Å². The minimum absolute atomic E-state index is 0.0123. The van der Waals surface area contributed by atoms with Gasteiger partial charge in [0.05, 0.1) is 0 Å². The third kappa shape index (κ3) is 3.62. The summed E-state index contributed by atoms with van der Waals surface area (Å²) in [6, 6.07) is 0. The highest BCUT2D eigenvalue weighted by Crippen LogP contribution is 2.35. The standard InChI is InChI=1S/C15H20N2O4/c1-15(2)6-9(16)14(11(19)7-15)10(18)3-8-4-12(20)17-13(21)5-8/h8,14,16H,3-7H2,1-2H3,(H,17,20,21)/t14-/m0/s1. The largest absolute Gasteiger partial charge is 0.308 e. The zero-order valence-electron chi connectivity index (χ0n) is 12.3. The summed E-state index contributed by atoms with van der Waals surface area (Å²) in [5.74, 6) is -2.63. The van der Waals surface area contributed by atoms with E-state index >= 15 is 0 Å². The molecule has 1 heterocycles. The molecule has 0 radical (unpaired) electrons. The molecule has 0 aromatic carbocycles. The minimum atomic E-state index is -0.974. The SMILES string of the molecule is CC1(C)CC(=N)[C@@H](C(=O)CC2CC(=O)NC(=O)C2)C(=O)C1. The van der Waals surface area contributed by atoms with Gasteiger partial charge in [-0.2, -0.15) is 0 Å². The Labute approximate surface area is 123 Å². The Kier molecular flexibility index (Phi) is 4.07. The van der Waals surface area contributed by atoms with Gasteiger partial charge in [0, 0.05) is 31.4 Å². The summed E-state index contributed by atoms with van der Waals surface area (Å²) in [4.78, 5) is 47.0. The van der Waals surface area contributed by atoms with E-state index in [1.807, 2.05) is 13.8 Å². The number of carbonyl (C=O) groups is 4. The minimum Gasteiger partial charge on any atom is -0.308 e. The second-order valence-corrected chi connectivity index (χ2v) is 6.86. The lowest BCUT2D eigenvalue weighted by atomic mass is 9.69. The molecule has 0 bridgehead atoms. The molecule has 1 saturated heterocycles. The molecule has 1 aliphatic carbocycles. The predicted molar refractivity (Wildman–Crippen MR) is 74.7 cm³/mol.